The Kier molecular flexibility index (Phi) is 5.77. The summed E-state index contributed by atoms with van der Waals surface area (Å²) in [7, 11) is -3.27. The van der Waals surface area contributed by atoms with Gasteiger partial charge in [0.15, 0.2) is 0 Å². The number of hydrogen-bond donors (Lipinski definition) is 1. The number of sulfonamides is 1. The van der Waals surface area contributed by atoms with Crippen LogP contribution in [0.3, 0.4) is 0 Å². The van der Waals surface area contributed by atoms with Crippen LogP contribution in [0, 0.1) is 0 Å². The normalized spacial score (nSPS) is 30.8. The van der Waals surface area contributed by atoms with Gasteiger partial charge in [-0.3, -0.25) is 0 Å². The molecule has 0 amide bonds. The molecule has 1 fully saturated rings. The maximum Gasteiger partial charge on any atom is 0.212 e. The van der Waals surface area contributed by atoms with Crippen LogP contribution in [0.25, 0.3) is 0 Å². The third-order valence-electron chi connectivity index (χ3n) is 1.93. The molecular formula is C6H13NNaO2S2. The summed E-state index contributed by atoms with van der Waals surface area (Å²) < 4.78 is 21.7. The van der Waals surface area contributed by atoms with Crippen molar-refractivity contribution in [1.82, 2.24) is 0 Å². The summed E-state index contributed by atoms with van der Waals surface area (Å²) in [5.74, 6) is 0.667. The van der Waals surface area contributed by atoms with Crippen molar-refractivity contribution in [2.45, 2.75) is 30.3 Å². The molecule has 1 aliphatic heterocycles. The fourth-order valence-corrected chi connectivity index (χ4v) is 3.59. The Bertz CT molecular complexity index is 222. The molecule has 1 radical (unpaired) electrons. The molecule has 0 aromatic carbocycles. The minimum absolute atomic E-state index is 0. The number of nitrogens with two attached hydrogens (primary N) is 1. The van der Waals surface area contributed by atoms with Crippen molar-refractivity contribution in [2.75, 3.05) is 5.75 Å². The van der Waals surface area contributed by atoms with E-state index >= 15 is 0 Å². The molecule has 0 saturated carbocycles. The Morgan fingerprint density at radius 2 is 2.00 bits per heavy atom. The molecular weight excluding hydrogens is 205 g/mol. The van der Waals surface area contributed by atoms with Gasteiger partial charge in [-0.25, -0.2) is 13.6 Å². The second-order valence-corrected chi connectivity index (χ2v) is 6.25. The molecule has 1 heterocycles. The first kappa shape index (κ1) is 13.3. The molecule has 1 aliphatic rings. The van der Waals surface area contributed by atoms with Crippen molar-refractivity contribution in [2.24, 2.45) is 5.14 Å². The quantitative estimate of drug-likeness (QED) is 0.639. The van der Waals surface area contributed by atoms with Gasteiger partial charge in [-0.1, -0.05) is 6.92 Å². The summed E-state index contributed by atoms with van der Waals surface area (Å²) >= 11 is 1.69. The standard InChI is InChI=1S/C6H13NO2S2.Na/c1-5-2-3-6(4-10-5)11(7,8)9;/h5-6H,2-4H2,1H3,(H2,7,8,9);. The van der Waals surface area contributed by atoms with Crippen molar-refractivity contribution < 1.29 is 8.42 Å². The van der Waals surface area contributed by atoms with Gasteiger partial charge in [0.1, 0.15) is 0 Å². The van der Waals surface area contributed by atoms with E-state index in [0.717, 1.165) is 12.8 Å². The van der Waals surface area contributed by atoms with Crippen molar-refractivity contribution in [3.63, 3.8) is 0 Å². The minimum atomic E-state index is -3.27. The van der Waals surface area contributed by atoms with Crippen LogP contribution in [-0.4, -0.2) is 54.2 Å². The summed E-state index contributed by atoms with van der Waals surface area (Å²) in [6, 6.07) is 0. The second-order valence-electron chi connectivity index (χ2n) is 2.93. The second kappa shape index (κ2) is 5.22. The van der Waals surface area contributed by atoms with E-state index in [1.807, 2.05) is 0 Å². The Morgan fingerprint density at radius 1 is 1.42 bits per heavy atom. The Balaban J connectivity index is 0.00000121. The predicted molar refractivity (Wildman–Crippen MR) is 53.8 cm³/mol. The summed E-state index contributed by atoms with van der Waals surface area (Å²) in [5.41, 5.74) is 0. The molecule has 6 heteroatoms. The summed E-state index contributed by atoms with van der Waals surface area (Å²) in [5, 5.41) is 5.30. The van der Waals surface area contributed by atoms with Crippen LogP contribution in [0.5, 0.6) is 0 Å². The van der Waals surface area contributed by atoms with Gasteiger partial charge in [-0.2, -0.15) is 11.8 Å². The average Bonchev–Trinajstić information content (AvgIpc) is 1.86. The van der Waals surface area contributed by atoms with Crippen LogP contribution in [0.15, 0.2) is 0 Å². The van der Waals surface area contributed by atoms with Gasteiger partial charge in [0.2, 0.25) is 10.0 Å². The molecule has 67 valence electrons. The molecule has 2 atom stereocenters. The number of thioether (sulfide) groups is 1. The van der Waals surface area contributed by atoms with Gasteiger partial charge in [-0.15, -0.1) is 0 Å². The van der Waals surface area contributed by atoms with Gasteiger partial charge in [-0.05, 0) is 12.8 Å². The molecule has 2 unspecified atom stereocenters. The molecule has 0 aromatic rings. The van der Waals surface area contributed by atoms with E-state index in [9.17, 15) is 8.42 Å². The molecule has 2 N–H and O–H groups in total. The fraction of sp³-hybridized carbons (Fsp3) is 1.00. The fourth-order valence-electron chi connectivity index (χ4n) is 1.12. The zero-order valence-corrected chi connectivity index (χ0v) is 11.1. The number of hydrogen-bond acceptors (Lipinski definition) is 3. The monoisotopic (exact) mass is 218 g/mol. The van der Waals surface area contributed by atoms with E-state index in [1.165, 1.54) is 0 Å². The average molecular weight is 218 g/mol. The maximum absolute atomic E-state index is 10.9. The van der Waals surface area contributed by atoms with Crippen molar-refractivity contribution in [3.05, 3.63) is 0 Å². The number of primary sulfonamides is 1. The summed E-state index contributed by atoms with van der Waals surface area (Å²) in [4.78, 5) is 0. The van der Waals surface area contributed by atoms with E-state index in [-0.39, 0.29) is 34.8 Å². The Hall–Kier alpha value is 1.26. The summed E-state index contributed by atoms with van der Waals surface area (Å²) in [6.45, 7) is 2.12. The maximum atomic E-state index is 10.9. The third-order valence-corrected chi connectivity index (χ3v) is 4.87. The first-order valence-electron chi connectivity index (χ1n) is 3.63. The molecule has 12 heavy (non-hydrogen) atoms. The van der Waals surface area contributed by atoms with Crippen LogP contribution in [0.1, 0.15) is 19.8 Å². The van der Waals surface area contributed by atoms with Crippen LogP contribution >= 0.6 is 11.8 Å². The van der Waals surface area contributed by atoms with Crippen LogP contribution in [0.2, 0.25) is 0 Å². The molecule has 1 saturated heterocycles. The van der Waals surface area contributed by atoms with Crippen molar-refractivity contribution in [3.8, 4) is 0 Å². The van der Waals surface area contributed by atoms with Crippen LogP contribution in [0.4, 0.5) is 0 Å². The van der Waals surface area contributed by atoms with Crippen molar-refractivity contribution in [1.29, 1.82) is 0 Å². The molecule has 1 rings (SSSR count). The van der Waals surface area contributed by atoms with Gasteiger partial charge in [0.05, 0.1) is 5.25 Å². The van der Waals surface area contributed by atoms with Gasteiger partial charge >= 0.3 is 0 Å². The Labute approximate surface area is 100 Å². The van der Waals surface area contributed by atoms with E-state index in [1.54, 1.807) is 11.8 Å². The first-order valence-corrected chi connectivity index (χ1v) is 6.29. The zero-order chi connectivity index (χ0) is 8.48. The third kappa shape index (κ3) is 3.98. The largest absolute Gasteiger partial charge is 0.228 e. The molecule has 3 nitrogen and oxygen atoms in total. The van der Waals surface area contributed by atoms with E-state index in [4.69, 9.17) is 5.14 Å². The van der Waals surface area contributed by atoms with E-state index in [2.05, 4.69) is 6.92 Å². The molecule has 0 bridgehead atoms. The predicted octanol–water partition coefficient (Wildman–Crippen LogP) is 0.178. The number of rotatable bonds is 1. The summed E-state index contributed by atoms with van der Waals surface area (Å²) in [6.07, 6.45) is 1.69. The Morgan fingerprint density at radius 3 is 2.33 bits per heavy atom. The van der Waals surface area contributed by atoms with Gasteiger partial charge in [0.25, 0.3) is 0 Å². The van der Waals surface area contributed by atoms with Gasteiger partial charge in [0, 0.05) is 40.6 Å². The molecule has 0 aliphatic carbocycles. The smallest absolute Gasteiger partial charge is 0.212 e. The van der Waals surface area contributed by atoms with Crippen LogP contribution in [-0.2, 0) is 10.0 Å². The van der Waals surface area contributed by atoms with E-state index in [0.29, 0.717) is 11.0 Å². The topological polar surface area (TPSA) is 60.2 Å². The zero-order valence-electron chi connectivity index (χ0n) is 7.49. The minimum Gasteiger partial charge on any atom is -0.228 e. The molecule has 0 aromatic heterocycles. The molecule has 0 spiro atoms. The van der Waals surface area contributed by atoms with E-state index < -0.39 is 10.0 Å². The first-order chi connectivity index (χ1) is 5.00. The van der Waals surface area contributed by atoms with Crippen molar-refractivity contribution >= 4 is 51.3 Å². The SMILES string of the molecule is CC1CCC(S(N)(=O)=O)CS1.[Na]. The van der Waals surface area contributed by atoms with Crippen LogP contribution < -0.4 is 5.14 Å². The van der Waals surface area contributed by atoms with Gasteiger partial charge < -0.3 is 0 Å².